The molecule has 1 aliphatic heterocycles. The van der Waals surface area contributed by atoms with Gasteiger partial charge in [-0.2, -0.15) is 21.0 Å². The molecule has 1 aromatic rings. The number of hydrogen-bond donors (Lipinski definition) is 0. The highest BCUT2D eigenvalue weighted by Gasteiger charge is 2.38. The van der Waals surface area contributed by atoms with Crippen LogP contribution >= 0.6 is 0 Å². The first-order valence-electron chi connectivity index (χ1n) is 7.59. The first-order chi connectivity index (χ1) is 12.9. The molecule has 1 aromatic carbocycles. The smallest absolute Gasteiger partial charge is 0.169 e. The highest BCUT2D eigenvalue weighted by Crippen LogP contribution is 2.35. The topological polar surface area (TPSA) is 120 Å². The van der Waals surface area contributed by atoms with Gasteiger partial charge in [0.05, 0.1) is 16.5 Å². The zero-order valence-corrected chi connectivity index (χ0v) is 13.9. The van der Waals surface area contributed by atoms with Crippen molar-refractivity contribution in [2.75, 3.05) is 0 Å². The van der Waals surface area contributed by atoms with E-state index in [0.29, 0.717) is 5.57 Å². The first-order valence-corrected chi connectivity index (χ1v) is 7.59. The first kappa shape index (κ1) is 17.7. The van der Waals surface area contributed by atoms with Crippen molar-refractivity contribution in [2.24, 2.45) is 9.98 Å². The molecule has 0 radical (unpaired) electrons. The quantitative estimate of drug-likeness (QED) is 0.760. The molecule has 27 heavy (non-hydrogen) atoms. The third-order valence-electron chi connectivity index (χ3n) is 4.50. The fourth-order valence-corrected chi connectivity index (χ4v) is 3.20. The van der Waals surface area contributed by atoms with Gasteiger partial charge in [-0.15, -0.1) is 0 Å². The summed E-state index contributed by atoms with van der Waals surface area (Å²) in [5, 5.41) is 36.6. The molecule has 0 amide bonds. The lowest BCUT2D eigenvalue weighted by Gasteiger charge is -2.28. The van der Waals surface area contributed by atoms with E-state index in [1.54, 1.807) is 24.3 Å². The third-order valence-corrected chi connectivity index (χ3v) is 4.50. The van der Waals surface area contributed by atoms with Crippen molar-refractivity contribution in [2.45, 2.75) is 19.0 Å². The summed E-state index contributed by atoms with van der Waals surface area (Å²) in [7, 11) is 0. The van der Waals surface area contributed by atoms with Crippen molar-refractivity contribution in [1.29, 1.82) is 21.0 Å². The highest BCUT2D eigenvalue weighted by atomic mass is 19.1. The van der Waals surface area contributed by atoms with Crippen molar-refractivity contribution in [1.82, 2.24) is 0 Å². The van der Waals surface area contributed by atoms with Crippen LogP contribution in [0.5, 0.6) is 0 Å². The van der Waals surface area contributed by atoms with Gasteiger partial charge in [-0.05, 0) is 12.5 Å². The van der Waals surface area contributed by atoms with Crippen LogP contribution in [0.3, 0.4) is 0 Å². The van der Waals surface area contributed by atoms with E-state index in [0.717, 1.165) is 0 Å². The van der Waals surface area contributed by atoms with E-state index in [4.69, 9.17) is 0 Å². The molecule has 0 fully saturated rings. The van der Waals surface area contributed by atoms with E-state index in [9.17, 15) is 29.8 Å². The van der Waals surface area contributed by atoms with E-state index in [-0.39, 0.29) is 27.4 Å². The summed E-state index contributed by atoms with van der Waals surface area (Å²) in [5.74, 6) is -2.07. The molecule has 6 nitrogen and oxygen atoms in total. The molecule has 0 bridgehead atoms. The Labute approximate surface area is 152 Å². The number of nitrogens with zero attached hydrogens (tertiary/aromatic N) is 6. The van der Waals surface area contributed by atoms with Gasteiger partial charge in [0, 0.05) is 5.56 Å². The third kappa shape index (κ3) is 2.25. The van der Waals surface area contributed by atoms with Crippen molar-refractivity contribution in [3.63, 3.8) is 0 Å². The number of hydrogen-bond acceptors (Lipinski definition) is 6. The molecular weight excluding hydrogens is 350 g/mol. The zero-order chi connectivity index (χ0) is 19.9. The van der Waals surface area contributed by atoms with Gasteiger partial charge in [0.25, 0.3) is 0 Å². The Balaban J connectivity index is 2.52. The molecule has 0 spiro atoms. The molecule has 0 saturated heterocycles. The van der Waals surface area contributed by atoms with Gasteiger partial charge >= 0.3 is 0 Å². The average Bonchev–Trinajstić information content (AvgIpc) is 2.69. The standard InChI is InChI=1S/C19H8F2N6/c1-3-9-11(5-23)13(7-25)15(21)19-17(9)26-16-8(2)10(4-22)12(6-24)14(20)18(16)27-19/h3,16,18H,1H2,2H3. The van der Waals surface area contributed by atoms with Gasteiger partial charge in [-0.25, -0.2) is 8.78 Å². The molecule has 2 aliphatic rings. The molecule has 1 aliphatic carbocycles. The van der Waals surface area contributed by atoms with Gasteiger partial charge in [0.1, 0.15) is 58.7 Å². The monoisotopic (exact) mass is 358 g/mol. The van der Waals surface area contributed by atoms with Crippen LogP contribution in [-0.2, 0) is 0 Å². The second kappa shape index (κ2) is 6.30. The normalized spacial score (nSPS) is 20.0. The van der Waals surface area contributed by atoms with Crippen LogP contribution in [0.15, 0.2) is 39.1 Å². The predicted octanol–water partition coefficient (Wildman–Crippen LogP) is 1.80. The largest absolute Gasteiger partial charge is 0.272 e. The fourth-order valence-electron chi connectivity index (χ4n) is 3.20. The molecule has 2 atom stereocenters. The SMILES string of the molecule is C=Cc1c(C#N)c(C#N)c(F)c2c1=NC1C(C)=C(C#N)C(C#N)=C(F)C1N=2. The van der Waals surface area contributed by atoms with Crippen molar-refractivity contribution in [3.8, 4) is 24.3 Å². The molecule has 0 aromatic heterocycles. The Kier molecular flexibility index (Phi) is 4.12. The van der Waals surface area contributed by atoms with E-state index < -0.39 is 34.9 Å². The van der Waals surface area contributed by atoms with Gasteiger partial charge in [0.2, 0.25) is 0 Å². The molecule has 1 heterocycles. The summed E-state index contributed by atoms with van der Waals surface area (Å²) >= 11 is 0. The Morgan fingerprint density at radius 3 is 2.00 bits per heavy atom. The van der Waals surface area contributed by atoms with Crippen LogP contribution in [0, 0.1) is 51.1 Å². The number of fused-ring (bicyclic) bond motifs is 2. The van der Waals surface area contributed by atoms with Gasteiger partial charge < -0.3 is 0 Å². The molecule has 3 rings (SSSR count). The Bertz CT molecular complexity index is 1270. The molecule has 128 valence electrons. The van der Waals surface area contributed by atoms with Crippen molar-refractivity contribution < 1.29 is 8.78 Å². The molecule has 0 saturated carbocycles. The number of allylic oxidation sites excluding steroid dienone is 2. The minimum atomic E-state index is -1.32. The van der Waals surface area contributed by atoms with Crippen LogP contribution < -0.4 is 10.7 Å². The summed E-state index contributed by atoms with van der Waals surface area (Å²) in [6, 6.07) is 4.50. The van der Waals surface area contributed by atoms with E-state index >= 15 is 0 Å². The van der Waals surface area contributed by atoms with E-state index in [1.165, 1.54) is 13.0 Å². The molecular formula is C19H8F2N6. The van der Waals surface area contributed by atoms with Crippen LogP contribution in [0.4, 0.5) is 8.78 Å². The Morgan fingerprint density at radius 2 is 1.48 bits per heavy atom. The van der Waals surface area contributed by atoms with Crippen LogP contribution in [0.25, 0.3) is 6.08 Å². The lowest BCUT2D eigenvalue weighted by Crippen LogP contribution is -2.45. The number of halogens is 2. The Morgan fingerprint density at radius 1 is 0.889 bits per heavy atom. The number of benzene rings is 1. The fraction of sp³-hybridized carbons (Fsp3) is 0.158. The summed E-state index contributed by atoms with van der Waals surface area (Å²) in [6.45, 7) is 5.09. The van der Waals surface area contributed by atoms with Gasteiger partial charge in [-0.3, -0.25) is 9.98 Å². The van der Waals surface area contributed by atoms with Crippen LogP contribution in [0.1, 0.15) is 23.6 Å². The minimum Gasteiger partial charge on any atom is -0.272 e. The van der Waals surface area contributed by atoms with E-state index in [2.05, 4.69) is 16.6 Å². The molecule has 0 N–H and O–H groups in total. The zero-order valence-electron chi connectivity index (χ0n) is 13.9. The summed E-state index contributed by atoms with van der Waals surface area (Å²) in [4.78, 5) is 8.38. The minimum absolute atomic E-state index is 0.0378. The number of nitriles is 4. The van der Waals surface area contributed by atoms with Crippen molar-refractivity contribution >= 4 is 6.08 Å². The van der Waals surface area contributed by atoms with Crippen molar-refractivity contribution in [3.05, 3.63) is 62.3 Å². The maximum Gasteiger partial charge on any atom is 0.169 e. The highest BCUT2D eigenvalue weighted by molar-refractivity contribution is 5.63. The average molecular weight is 358 g/mol. The number of rotatable bonds is 1. The summed E-state index contributed by atoms with van der Waals surface area (Å²) in [6.07, 6.45) is 1.25. The van der Waals surface area contributed by atoms with Crippen LogP contribution in [0.2, 0.25) is 0 Å². The van der Waals surface area contributed by atoms with Gasteiger partial charge in [0.15, 0.2) is 5.82 Å². The lowest BCUT2D eigenvalue weighted by atomic mass is 9.84. The lowest BCUT2D eigenvalue weighted by molar-refractivity contribution is 0.463. The van der Waals surface area contributed by atoms with Crippen LogP contribution in [-0.4, -0.2) is 12.1 Å². The van der Waals surface area contributed by atoms with E-state index in [1.807, 2.05) is 0 Å². The summed E-state index contributed by atoms with van der Waals surface area (Å²) in [5.41, 5.74) is -0.963. The predicted molar refractivity (Wildman–Crippen MR) is 87.9 cm³/mol. The summed E-state index contributed by atoms with van der Waals surface area (Å²) < 4.78 is 29.6. The maximum atomic E-state index is 14.8. The molecule has 8 heteroatoms. The maximum absolute atomic E-state index is 14.8. The second-order valence-electron chi connectivity index (χ2n) is 5.76. The second-order valence-corrected chi connectivity index (χ2v) is 5.76. The Hall–Kier alpha value is -4.14. The molecule has 2 unspecified atom stereocenters. The van der Waals surface area contributed by atoms with Gasteiger partial charge in [-0.1, -0.05) is 12.7 Å².